The average molecular weight is 312 g/mol. The average Bonchev–Trinajstić information content (AvgIpc) is 3.01. The molecule has 2 heterocycles. The predicted octanol–water partition coefficient (Wildman–Crippen LogP) is 3.35. The molecule has 0 radical (unpaired) electrons. The Morgan fingerprint density at radius 3 is 2.60 bits per heavy atom. The lowest BCUT2D eigenvalue weighted by atomic mass is 10.1. The van der Waals surface area contributed by atoms with Crippen LogP contribution < -0.4 is 9.80 Å². The van der Waals surface area contributed by atoms with Crippen LogP contribution in [0.3, 0.4) is 0 Å². The number of benzene rings is 1. The van der Waals surface area contributed by atoms with Crippen LogP contribution in [0.5, 0.6) is 0 Å². The number of aromatic nitrogens is 1. The number of piperazine rings is 1. The van der Waals surface area contributed by atoms with Crippen molar-refractivity contribution in [1.29, 1.82) is 0 Å². The van der Waals surface area contributed by atoms with E-state index >= 15 is 0 Å². The molecule has 2 aromatic rings. The number of hydrogen-bond acceptors (Lipinski definition) is 4. The quantitative estimate of drug-likeness (QED) is 0.810. The Kier molecular flexibility index (Phi) is 4.08. The highest BCUT2D eigenvalue weighted by Gasteiger charge is 2.22. The molecule has 1 aliphatic rings. The predicted molar refractivity (Wildman–Crippen MR) is 82.5 cm³/mol. The second kappa shape index (κ2) is 5.97. The molecular formula is C14H15ClFN3S. The monoisotopic (exact) mass is 311 g/mol. The summed E-state index contributed by atoms with van der Waals surface area (Å²) in [5.41, 5.74) is 1.51. The van der Waals surface area contributed by atoms with Crippen LogP contribution in [0.25, 0.3) is 0 Å². The number of halogens is 2. The van der Waals surface area contributed by atoms with Crippen LogP contribution >= 0.6 is 22.9 Å². The molecular weight excluding hydrogens is 297 g/mol. The van der Waals surface area contributed by atoms with Crippen LogP contribution in [0.15, 0.2) is 29.8 Å². The van der Waals surface area contributed by atoms with E-state index in [-0.39, 0.29) is 5.82 Å². The molecule has 3 nitrogen and oxygen atoms in total. The minimum atomic E-state index is -0.189. The molecule has 1 aromatic heterocycles. The molecule has 0 N–H and O–H groups in total. The van der Waals surface area contributed by atoms with Gasteiger partial charge in [-0.15, -0.1) is 22.9 Å². The molecule has 20 heavy (non-hydrogen) atoms. The summed E-state index contributed by atoms with van der Waals surface area (Å²) in [6.45, 7) is 3.27. The lowest BCUT2D eigenvalue weighted by molar-refractivity contribution is 0.595. The molecule has 6 heteroatoms. The number of rotatable bonds is 3. The van der Waals surface area contributed by atoms with Crippen molar-refractivity contribution >= 4 is 33.8 Å². The Hall–Kier alpha value is -1.33. The second-order valence-corrected chi connectivity index (χ2v) is 5.81. The molecule has 1 aromatic carbocycles. The summed E-state index contributed by atoms with van der Waals surface area (Å²) < 4.78 is 14.1. The van der Waals surface area contributed by atoms with Gasteiger partial charge in [0.05, 0.1) is 5.69 Å². The highest BCUT2D eigenvalue weighted by atomic mass is 35.5. The zero-order valence-corrected chi connectivity index (χ0v) is 12.5. The summed E-state index contributed by atoms with van der Waals surface area (Å²) in [6.07, 6.45) is 1.81. The van der Waals surface area contributed by atoms with Crippen LogP contribution in [0, 0.1) is 5.82 Å². The molecule has 0 saturated carbocycles. The van der Waals surface area contributed by atoms with Crippen molar-refractivity contribution in [3.8, 4) is 0 Å². The third-order valence-corrected chi connectivity index (χ3v) is 4.62. The van der Waals surface area contributed by atoms with Gasteiger partial charge >= 0.3 is 0 Å². The van der Waals surface area contributed by atoms with Gasteiger partial charge in [-0.1, -0.05) is 12.1 Å². The zero-order valence-electron chi connectivity index (χ0n) is 10.9. The highest BCUT2D eigenvalue weighted by Crippen LogP contribution is 2.28. The maximum atomic E-state index is 14.1. The van der Waals surface area contributed by atoms with Gasteiger partial charge in [0, 0.05) is 43.6 Å². The molecule has 0 amide bonds. The standard InChI is InChI=1S/C14H15ClFN3S/c15-10-11-2-1-3-12(16)13(11)18-5-7-19(8-6-18)14-17-4-9-20-14/h1-4,9H,5-8,10H2. The molecule has 106 valence electrons. The van der Waals surface area contributed by atoms with Crippen LogP contribution in [-0.2, 0) is 5.88 Å². The fourth-order valence-electron chi connectivity index (χ4n) is 2.52. The van der Waals surface area contributed by atoms with Crippen molar-refractivity contribution in [2.24, 2.45) is 0 Å². The lowest BCUT2D eigenvalue weighted by Gasteiger charge is -2.36. The van der Waals surface area contributed by atoms with Crippen molar-refractivity contribution in [2.45, 2.75) is 5.88 Å². The molecule has 1 saturated heterocycles. The van der Waals surface area contributed by atoms with Crippen LogP contribution in [0.1, 0.15) is 5.56 Å². The number of nitrogens with zero attached hydrogens (tertiary/aromatic N) is 3. The summed E-state index contributed by atoms with van der Waals surface area (Å²) in [5.74, 6) is 0.144. The SMILES string of the molecule is Fc1cccc(CCl)c1N1CCN(c2nccs2)CC1. The Morgan fingerprint density at radius 1 is 1.20 bits per heavy atom. The van der Waals surface area contributed by atoms with Crippen molar-refractivity contribution < 1.29 is 4.39 Å². The van der Waals surface area contributed by atoms with Crippen LogP contribution in [0.4, 0.5) is 15.2 Å². The van der Waals surface area contributed by atoms with Crippen molar-refractivity contribution in [3.63, 3.8) is 0 Å². The first kappa shape index (κ1) is 13.6. The van der Waals surface area contributed by atoms with E-state index in [0.29, 0.717) is 11.6 Å². The van der Waals surface area contributed by atoms with E-state index < -0.39 is 0 Å². The van der Waals surface area contributed by atoms with E-state index in [4.69, 9.17) is 11.6 Å². The van der Waals surface area contributed by atoms with Gasteiger partial charge in [-0.05, 0) is 11.6 Å². The topological polar surface area (TPSA) is 19.4 Å². The van der Waals surface area contributed by atoms with Gasteiger partial charge in [-0.3, -0.25) is 0 Å². The van der Waals surface area contributed by atoms with Crippen LogP contribution in [-0.4, -0.2) is 31.2 Å². The van der Waals surface area contributed by atoms with E-state index in [0.717, 1.165) is 36.9 Å². The van der Waals surface area contributed by atoms with E-state index in [2.05, 4.69) is 14.8 Å². The molecule has 0 spiro atoms. The Morgan fingerprint density at radius 2 is 1.95 bits per heavy atom. The molecule has 0 unspecified atom stereocenters. The van der Waals surface area contributed by atoms with E-state index in [1.807, 2.05) is 17.6 Å². The molecule has 1 fully saturated rings. The summed E-state index contributed by atoms with van der Waals surface area (Å²) >= 11 is 7.56. The van der Waals surface area contributed by atoms with Gasteiger partial charge in [0.15, 0.2) is 5.13 Å². The second-order valence-electron chi connectivity index (χ2n) is 4.67. The van der Waals surface area contributed by atoms with Crippen molar-refractivity contribution in [2.75, 3.05) is 36.0 Å². The third kappa shape index (κ3) is 2.60. The summed E-state index contributed by atoms with van der Waals surface area (Å²) in [7, 11) is 0. The van der Waals surface area contributed by atoms with Gasteiger partial charge in [0.25, 0.3) is 0 Å². The van der Waals surface area contributed by atoms with Gasteiger partial charge in [-0.2, -0.15) is 0 Å². The Balaban J connectivity index is 1.75. The number of thiazole rings is 1. The fourth-order valence-corrected chi connectivity index (χ4v) is 3.43. The number of para-hydroxylation sites is 1. The van der Waals surface area contributed by atoms with Crippen molar-refractivity contribution in [1.82, 2.24) is 4.98 Å². The third-order valence-electron chi connectivity index (χ3n) is 3.50. The van der Waals surface area contributed by atoms with E-state index in [1.165, 1.54) is 6.07 Å². The number of anilines is 2. The van der Waals surface area contributed by atoms with Gasteiger partial charge in [-0.25, -0.2) is 9.37 Å². The maximum absolute atomic E-state index is 14.1. The lowest BCUT2D eigenvalue weighted by Crippen LogP contribution is -2.47. The molecule has 0 atom stereocenters. The number of hydrogen-bond donors (Lipinski definition) is 0. The van der Waals surface area contributed by atoms with Gasteiger partial charge < -0.3 is 9.80 Å². The maximum Gasteiger partial charge on any atom is 0.185 e. The summed E-state index contributed by atoms with van der Waals surface area (Å²) in [5, 5.41) is 3.01. The van der Waals surface area contributed by atoms with Crippen molar-refractivity contribution in [3.05, 3.63) is 41.2 Å². The molecule has 3 rings (SSSR count). The molecule has 1 aliphatic heterocycles. The highest BCUT2D eigenvalue weighted by molar-refractivity contribution is 7.13. The summed E-state index contributed by atoms with van der Waals surface area (Å²) in [4.78, 5) is 8.64. The van der Waals surface area contributed by atoms with Gasteiger partial charge in [0.2, 0.25) is 0 Å². The first-order valence-electron chi connectivity index (χ1n) is 6.52. The van der Waals surface area contributed by atoms with E-state index in [1.54, 1.807) is 17.4 Å². The van der Waals surface area contributed by atoms with Crippen LogP contribution in [0.2, 0.25) is 0 Å². The Labute approximate surface area is 126 Å². The minimum absolute atomic E-state index is 0.189. The molecule has 0 bridgehead atoms. The Bertz CT molecular complexity index is 568. The first-order valence-corrected chi connectivity index (χ1v) is 7.94. The normalized spacial score (nSPS) is 15.7. The molecule has 0 aliphatic carbocycles. The largest absolute Gasteiger partial charge is 0.365 e. The minimum Gasteiger partial charge on any atom is -0.365 e. The van der Waals surface area contributed by atoms with E-state index in [9.17, 15) is 4.39 Å². The zero-order chi connectivity index (χ0) is 13.9. The first-order chi connectivity index (χ1) is 9.79. The fraction of sp³-hybridized carbons (Fsp3) is 0.357. The summed E-state index contributed by atoms with van der Waals surface area (Å²) in [6, 6.07) is 5.10. The number of alkyl halides is 1. The smallest absolute Gasteiger partial charge is 0.185 e. The van der Waals surface area contributed by atoms with Gasteiger partial charge in [0.1, 0.15) is 5.82 Å².